The molecule has 0 unspecified atom stereocenters. The molecule has 82 valence electrons. The third-order valence-electron chi connectivity index (χ3n) is 3.80. The van der Waals surface area contributed by atoms with Crippen LogP contribution in [0.4, 0.5) is 0 Å². The summed E-state index contributed by atoms with van der Waals surface area (Å²) in [7, 11) is 2.08. The molecule has 3 heteroatoms. The van der Waals surface area contributed by atoms with Crippen LogP contribution >= 0.6 is 0 Å². The van der Waals surface area contributed by atoms with E-state index in [0.29, 0.717) is 5.92 Å². The van der Waals surface area contributed by atoms with Crippen LogP contribution in [0.15, 0.2) is 0 Å². The van der Waals surface area contributed by atoms with Crippen molar-refractivity contribution in [1.82, 2.24) is 9.80 Å². The smallest absolute Gasteiger partial charge is 0.0940 e. The Hall–Kier alpha value is -0.120. The molecule has 2 fully saturated rings. The monoisotopic (exact) mass is 198 g/mol. The van der Waals surface area contributed by atoms with Crippen LogP contribution < -0.4 is 0 Å². The van der Waals surface area contributed by atoms with Crippen LogP contribution in [-0.4, -0.2) is 60.3 Å². The number of β-amino-alcohol motifs (C(OH)–C–C–N with tert-alkyl or cyclic N) is 1. The molecule has 3 nitrogen and oxygen atoms in total. The molecule has 0 aromatic carbocycles. The van der Waals surface area contributed by atoms with E-state index in [1.165, 1.54) is 19.4 Å². The Balaban J connectivity index is 1.91. The summed E-state index contributed by atoms with van der Waals surface area (Å²) in [5.41, 5.74) is -0.372. The highest BCUT2D eigenvalue weighted by Gasteiger charge is 2.46. The summed E-state index contributed by atoms with van der Waals surface area (Å²) in [5.74, 6) is 0.507. The minimum absolute atomic E-state index is 0.372. The van der Waals surface area contributed by atoms with E-state index in [9.17, 15) is 5.11 Å². The number of aliphatic hydroxyl groups is 1. The van der Waals surface area contributed by atoms with E-state index in [1.807, 2.05) is 0 Å². The Labute approximate surface area is 86.7 Å². The van der Waals surface area contributed by atoms with Crippen molar-refractivity contribution < 1.29 is 5.11 Å². The van der Waals surface area contributed by atoms with Gasteiger partial charge in [0.25, 0.3) is 0 Å². The van der Waals surface area contributed by atoms with Crippen molar-refractivity contribution in [3.05, 3.63) is 0 Å². The van der Waals surface area contributed by atoms with E-state index in [4.69, 9.17) is 0 Å². The van der Waals surface area contributed by atoms with Crippen molar-refractivity contribution in [3.8, 4) is 0 Å². The predicted octanol–water partition coefficient (Wildman–Crippen LogP) is 0.395. The van der Waals surface area contributed by atoms with Crippen LogP contribution in [0.3, 0.4) is 0 Å². The number of piperidine rings is 1. The number of hydrogen-bond donors (Lipinski definition) is 1. The van der Waals surface area contributed by atoms with Gasteiger partial charge in [-0.1, -0.05) is 6.92 Å². The molecule has 0 amide bonds. The van der Waals surface area contributed by atoms with E-state index in [0.717, 1.165) is 26.2 Å². The lowest BCUT2D eigenvalue weighted by molar-refractivity contribution is -0.139. The zero-order chi connectivity index (χ0) is 10.2. The fraction of sp³-hybridized carbons (Fsp3) is 1.00. The molecule has 0 saturated carbocycles. The highest BCUT2D eigenvalue weighted by molar-refractivity contribution is 5.00. The number of likely N-dealkylation sites (N-methyl/N-ethyl adjacent to an activating group) is 1. The molecule has 2 heterocycles. The van der Waals surface area contributed by atoms with Gasteiger partial charge in [0.05, 0.1) is 5.60 Å². The van der Waals surface area contributed by atoms with Crippen LogP contribution in [0.5, 0.6) is 0 Å². The van der Waals surface area contributed by atoms with Gasteiger partial charge in [-0.25, -0.2) is 0 Å². The first kappa shape index (κ1) is 10.4. The van der Waals surface area contributed by atoms with Crippen molar-refractivity contribution >= 4 is 0 Å². The van der Waals surface area contributed by atoms with E-state index >= 15 is 0 Å². The van der Waals surface area contributed by atoms with Gasteiger partial charge in [0.1, 0.15) is 0 Å². The Kier molecular flexibility index (Phi) is 2.82. The fourth-order valence-corrected chi connectivity index (χ4v) is 2.93. The average Bonchev–Trinajstić information content (AvgIpc) is 2.16. The second kappa shape index (κ2) is 3.80. The topological polar surface area (TPSA) is 26.7 Å². The van der Waals surface area contributed by atoms with Gasteiger partial charge in [-0.2, -0.15) is 0 Å². The largest absolute Gasteiger partial charge is 0.387 e. The summed E-state index contributed by atoms with van der Waals surface area (Å²) in [4.78, 5) is 4.66. The maximum Gasteiger partial charge on any atom is 0.0940 e. The van der Waals surface area contributed by atoms with Crippen LogP contribution in [-0.2, 0) is 0 Å². The maximum atomic E-state index is 10.4. The summed E-state index contributed by atoms with van der Waals surface area (Å²) in [5, 5.41) is 10.4. The zero-order valence-corrected chi connectivity index (χ0v) is 9.37. The molecule has 0 aliphatic carbocycles. The molecule has 0 spiro atoms. The predicted molar refractivity (Wildman–Crippen MR) is 57.3 cm³/mol. The van der Waals surface area contributed by atoms with E-state index in [1.54, 1.807) is 0 Å². The molecule has 2 saturated heterocycles. The van der Waals surface area contributed by atoms with Gasteiger partial charge < -0.3 is 14.9 Å². The summed E-state index contributed by atoms with van der Waals surface area (Å²) < 4.78 is 0. The minimum Gasteiger partial charge on any atom is -0.387 e. The van der Waals surface area contributed by atoms with Crippen LogP contribution in [0.1, 0.15) is 19.8 Å². The summed E-state index contributed by atoms with van der Waals surface area (Å²) >= 11 is 0. The first-order chi connectivity index (χ1) is 6.64. The van der Waals surface area contributed by atoms with Gasteiger partial charge >= 0.3 is 0 Å². The molecular formula is C11H22N2O. The molecule has 14 heavy (non-hydrogen) atoms. The number of likely N-dealkylation sites (tertiary alicyclic amines) is 2. The minimum atomic E-state index is -0.372. The van der Waals surface area contributed by atoms with Crippen LogP contribution in [0.2, 0.25) is 0 Å². The van der Waals surface area contributed by atoms with E-state index < -0.39 is 0 Å². The lowest BCUT2D eigenvalue weighted by atomic mass is 9.76. The maximum absolute atomic E-state index is 10.4. The van der Waals surface area contributed by atoms with Crippen molar-refractivity contribution in [1.29, 1.82) is 0 Å². The van der Waals surface area contributed by atoms with Crippen molar-refractivity contribution in [2.75, 3.05) is 39.8 Å². The number of hydrogen-bond acceptors (Lipinski definition) is 3. The Morgan fingerprint density at radius 2 is 2.14 bits per heavy atom. The molecule has 2 aliphatic heterocycles. The average molecular weight is 198 g/mol. The summed E-state index contributed by atoms with van der Waals surface area (Å²) in [6, 6.07) is 0. The Morgan fingerprint density at radius 1 is 1.43 bits per heavy atom. The second-order valence-electron chi connectivity index (χ2n) is 5.01. The first-order valence-electron chi connectivity index (χ1n) is 5.77. The van der Waals surface area contributed by atoms with Crippen LogP contribution in [0.25, 0.3) is 0 Å². The zero-order valence-electron chi connectivity index (χ0n) is 9.37. The van der Waals surface area contributed by atoms with Gasteiger partial charge in [0.15, 0.2) is 0 Å². The molecule has 0 aromatic heterocycles. The Bertz CT molecular complexity index is 201. The molecule has 2 aliphatic rings. The highest BCUT2D eigenvalue weighted by Crippen LogP contribution is 2.33. The van der Waals surface area contributed by atoms with Crippen LogP contribution in [0, 0.1) is 5.92 Å². The molecule has 0 bridgehead atoms. The first-order valence-corrected chi connectivity index (χ1v) is 5.77. The van der Waals surface area contributed by atoms with Gasteiger partial charge in [-0.05, 0) is 33.0 Å². The Morgan fingerprint density at radius 3 is 2.71 bits per heavy atom. The second-order valence-corrected chi connectivity index (χ2v) is 5.01. The summed E-state index contributed by atoms with van der Waals surface area (Å²) in [6.45, 7) is 7.39. The normalized spacial score (nSPS) is 34.1. The fourth-order valence-electron chi connectivity index (χ4n) is 2.93. The van der Waals surface area contributed by atoms with Gasteiger partial charge in [-0.3, -0.25) is 0 Å². The number of rotatable bonds is 2. The lowest BCUT2D eigenvalue weighted by Crippen LogP contribution is -2.66. The standard InChI is InChI=1S/C11H22N2O/c1-3-13-6-4-5-10(7-13)11(14)8-12(2)9-11/h10,14H,3-9H2,1-2H3/t10-/m1/s1. The molecule has 1 atom stereocenters. The third-order valence-corrected chi connectivity index (χ3v) is 3.80. The highest BCUT2D eigenvalue weighted by atomic mass is 16.3. The van der Waals surface area contributed by atoms with Crippen molar-refractivity contribution in [3.63, 3.8) is 0 Å². The van der Waals surface area contributed by atoms with Gasteiger partial charge in [0, 0.05) is 25.6 Å². The lowest BCUT2D eigenvalue weighted by Gasteiger charge is -2.51. The van der Waals surface area contributed by atoms with Crippen molar-refractivity contribution in [2.45, 2.75) is 25.4 Å². The van der Waals surface area contributed by atoms with Crippen molar-refractivity contribution in [2.24, 2.45) is 5.92 Å². The number of nitrogens with zero attached hydrogens (tertiary/aromatic N) is 2. The molecule has 0 aromatic rings. The molecule has 2 rings (SSSR count). The molecule has 0 radical (unpaired) electrons. The molecule has 1 N–H and O–H groups in total. The van der Waals surface area contributed by atoms with Gasteiger partial charge in [-0.15, -0.1) is 0 Å². The SMILES string of the molecule is CCN1CCC[C@@H](C2(O)CN(C)C2)C1. The van der Waals surface area contributed by atoms with Gasteiger partial charge in [0.2, 0.25) is 0 Å². The summed E-state index contributed by atoms with van der Waals surface area (Å²) in [6.07, 6.45) is 2.46. The quantitative estimate of drug-likeness (QED) is 0.695. The van der Waals surface area contributed by atoms with E-state index in [-0.39, 0.29) is 5.60 Å². The van der Waals surface area contributed by atoms with E-state index in [2.05, 4.69) is 23.8 Å². The molecular weight excluding hydrogens is 176 g/mol. The third kappa shape index (κ3) is 1.81.